The first-order valence-corrected chi connectivity index (χ1v) is 9.26. The number of rotatable bonds is 3. The Morgan fingerprint density at radius 1 is 1.20 bits per heavy atom. The van der Waals surface area contributed by atoms with Crippen molar-refractivity contribution < 1.29 is 14.3 Å². The Labute approximate surface area is 149 Å². The minimum absolute atomic E-state index is 0.0316. The van der Waals surface area contributed by atoms with E-state index in [1.165, 1.54) is 0 Å². The van der Waals surface area contributed by atoms with Crippen LogP contribution in [0.4, 0.5) is 0 Å². The molecular formula is C20H28N2O3. The number of nitrogens with zero attached hydrogens (tertiary/aromatic N) is 1. The lowest BCUT2D eigenvalue weighted by atomic mass is 9.83. The van der Waals surface area contributed by atoms with Gasteiger partial charge in [-0.15, -0.1) is 0 Å². The molecule has 136 valence electrons. The summed E-state index contributed by atoms with van der Waals surface area (Å²) in [4.78, 5) is 27.7. The highest BCUT2D eigenvalue weighted by molar-refractivity contribution is 5.98. The van der Waals surface area contributed by atoms with Gasteiger partial charge in [-0.25, -0.2) is 0 Å². The maximum absolute atomic E-state index is 13.3. The number of nitrogens with one attached hydrogen (secondary N) is 1. The van der Waals surface area contributed by atoms with Crippen molar-refractivity contribution >= 4 is 11.8 Å². The third-order valence-corrected chi connectivity index (χ3v) is 5.29. The van der Waals surface area contributed by atoms with Crippen LogP contribution in [0.15, 0.2) is 30.3 Å². The van der Waals surface area contributed by atoms with Gasteiger partial charge in [0, 0.05) is 11.6 Å². The Hall–Kier alpha value is -1.88. The molecule has 1 aliphatic heterocycles. The predicted octanol–water partition coefficient (Wildman–Crippen LogP) is 2.96. The second-order valence-corrected chi connectivity index (χ2v) is 7.66. The monoisotopic (exact) mass is 344 g/mol. The first kappa shape index (κ1) is 17.9. The van der Waals surface area contributed by atoms with Crippen molar-refractivity contribution in [1.29, 1.82) is 0 Å². The molecule has 1 aromatic carbocycles. The molecule has 3 rings (SSSR count). The van der Waals surface area contributed by atoms with E-state index >= 15 is 0 Å². The lowest BCUT2D eigenvalue weighted by molar-refractivity contribution is -0.128. The zero-order valence-corrected chi connectivity index (χ0v) is 15.3. The third-order valence-electron chi connectivity index (χ3n) is 5.29. The first-order chi connectivity index (χ1) is 11.9. The van der Waals surface area contributed by atoms with Gasteiger partial charge >= 0.3 is 0 Å². The molecule has 1 atom stereocenters. The third kappa shape index (κ3) is 3.56. The predicted molar refractivity (Wildman–Crippen MR) is 96.0 cm³/mol. The number of hydrogen-bond donors (Lipinski definition) is 1. The smallest absolute Gasteiger partial charge is 0.256 e. The van der Waals surface area contributed by atoms with Crippen molar-refractivity contribution in [3.63, 3.8) is 0 Å². The molecule has 0 unspecified atom stereocenters. The van der Waals surface area contributed by atoms with Crippen LogP contribution >= 0.6 is 0 Å². The molecule has 0 radical (unpaired) electrons. The largest absolute Gasteiger partial charge is 0.353 e. The van der Waals surface area contributed by atoms with Crippen LogP contribution in [0.3, 0.4) is 0 Å². The van der Waals surface area contributed by atoms with Gasteiger partial charge in [0.05, 0.1) is 6.61 Å². The van der Waals surface area contributed by atoms with Gasteiger partial charge in [-0.2, -0.15) is 0 Å². The average Bonchev–Trinajstić information content (AvgIpc) is 2.96. The summed E-state index contributed by atoms with van der Waals surface area (Å²) in [6, 6.07) is 8.66. The maximum Gasteiger partial charge on any atom is 0.256 e. The van der Waals surface area contributed by atoms with E-state index in [0.29, 0.717) is 11.5 Å². The Bertz CT molecular complexity index is 621. The van der Waals surface area contributed by atoms with Crippen molar-refractivity contribution in [3.05, 3.63) is 35.9 Å². The number of ether oxygens (including phenoxy) is 1. The summed E-state index contributed by atoms with van der Waals surface area (Å²) in [5, 5.41) is 2.94. The highest BCUT2D eigenvalue weighted by Gasteiger charge is 2.53. The fourth-order valence-electron chi connectivity index (χ4n) is 3.88. The second kappa shape index (κ2) is 7.16. The minimum atomic E-state index is -0.640. The molecule has 1 aliphatic carbocycles. The summed E-state index contributed by atoms with van der Waals surface area (Å²) >= 11 is 0. The van der Waals surface area contributed by atoms with Gasteiger partial charge < -0.3 is 10.1 Å². The highest BCUT2D eigenvalue weighted by Crippen LogP contribution is 2.43. The standard InChI is InChI=1S/C20H28N2O3/c1-14(2)21-18(23)17-13-25-20(11-9-15(3)10-12-20)22(17)19(24)16-7-5-4-6-8-16/h4-8,14-15,17H,9-13H2,1-3H3,(H,21,23)/t15?,17-,20?/m0/s1. The van der Waals surface area contributed by atoms with E-state index in [0.717, 1.165) is 25.7 Å². The molecule has 2 aliphatic rings. The van der Waals surface area contributed by atoms with Crippen molar-refractivity contribution in [3.8, 4) is 0 Å². The Morgan fingerprint density at radius 2 is 1.84 bits per heavy atom. The molecule has 0 bridgehead atoms. The van der Waals surface area contributed by atoms with Gasteiger partial charge in [0.2, 0.25) is 5.91 Å². The van der Waals surface area contributed by atoms with Crippen LogP contribution in [0.1, 0.15) is 56.8 Å². The Morgan fingerprint density at radius 3 is 2.44 bits per heavy atom. The van der Waals surface area contributed by atoms with E-state index < -0.39 is 11.8 Å². The van der Waals surface area contributed by atoms with Gasteiger partial charge in [0.1, 0.15) is 11.8 Å². The minimum Gasteiger partial charge on any atom is -0.353 e. The summed E-state index contributed by atoms with van der Waals surface area (Å²) in [5.41, 5.74) is -0.0355. The summed E-state index contributed by atoms with van der Waals surface area (Å²) in [7, 11) is 0. The molecule has 1 aromatic rings. The first-order valence-electron chi connectivity index (χ1n) is 9.26. The molecule has 2 amide bonds. The molecule has 5 heteroatoms. The molecular weight excluding hydrogens is 316 g/mol. The van der Waals surface area contributed by atoms with Gasteiger partial charge in [0.15, 0.2) is 0 Å². The van der Waals surface area contributed by atoms with E-state index in [9.17, 15) is 9.59 Å². The van der Waals surface area contributed by atoms with E-state index in [1.807, 2.05) is 32.0 Å². The molecule has 1 N–H and O–H groups in total. The van der Waals surface area contributed by atoms with Crippen LogP contribution in [0.2, 0.25) is 0 Å². The number of benzene rings is 1. The highest BCUT2D eigenvalue weighted by atomic mass is 16.5. The van der Waals surface area contributed by atoms with Crippen molar-refractivity contribution in [2.24, 2.45) is 5.92 Å². The van der Waals surface area contributed by atoms with Crippen LogP contribution in [-0.4, -0.2) is 41.1 Å². The van der Waals surface area contributed by atoms with Crippen LogP contribution in [0, 0.1) is 5.92 Å². The van der Waals surface area contributed by atoms with Gasteiger partial charge in [-0.05, 0) is 57.6 Å². The van der Waals surface area contributed by atoms with Crippen LogP contribution in [-0.2, 0) is 9.53 Å². The molecule has 0 aromatic heterocycles. The molecule has 5 nitrogen and oxygen atoms in total. The zero-order valence-electron chi connectivity index (χ0n) is 15.3. The SMILES string of the molecule is CC1CCC2(CC1)OC[C@@H](C(=O)NC(C)C)N2C(=O)c1ccccc1. The number of amides is 2. The average molecular weight is 344 g/mol. The topological polar surface area (TPSA) is 58.6 Å². The number of carbonyl (C=O) groups is 2. The van der Waals surface area contributed by atoms with Crippen LogP contribution in [0.5, 0.6) is 0 Å². The number of carbonyl (C=O) groups excluding carboxylic acids is 2. The van der Waals surface area contributed by atoms with E-state index in [4.69, 9.17) is 4.74 Å². The van der Waals surface area contributed by atoms with Crippen molar-refractivity contribution in [2.45, 2.75) is 64.3 Å². The summed E-state index contributed by atoms with van der Waals surface area (Å²) in [5.74, 6) is 0.387. The van der Waals surface area contributed by atoms with Crippen molar-refractivity contribution in [2.75, 3.05) is 6.61 Å². The van der Waals surface area contributed by atoms with E-state index in [1.54, 1.807) is 17.0 Å². The van der Waals surface area contributed by atoms with E-state index in [2.05, 4.69) is 12.2 Å². The van der Waals surface area contributed by atoms with Gasteiger partial charge in [-0.3, -0.25) is 14.5 Å². The van der Waals surface area contributed by atoms with Crippen molar-refractivity contribution in [1.82, 2.24) is 10.2 Å². The maximum atomic E-state index is 13.3. The second-order valence-electron chi connectivity index (χ2n) is 7.66. The molecule has 1 spiro atoms. The fourth-order valence-corrected chi connectivity index (χ4v) is 3.88. The molecule has 1 heterocycles. The lowest BCUT2D eigenvalue weighted by Gasteiger charge is -2.43. The summed E-state index contributed by atoms with van der Waals surface area (Å²) in [6.07, 6.45) is 3.60. The fraction of sp³-hybridized carbons (Fsp3) is 0.600. The Kier molecular flexibility index (Phi) is 5.13. The van der Waals surface area contributed by atoms with E-state index in [-0.39, 0.29) is 24.5 Å². The van der Waals surface area contributed by atoms with Crippen LogP contribution in [0.25, 0.3) is 0 Å². The van der Waals surface area contributed by atoms with Crippen LogP contribution < -0.4 is 5.32 Å². The molecule has 1 saturated carbocycles. The molecule has 25 heavy (non-hydrogen) atoms. The zero-order chi connectivity index (χ0) is 18.0. The Balaban J connectivity index is 1.92. The summed E-state index contributed by atoms with van der Waals surface area (Å²) in [6.45, 7) is 6.35. The van der Waals surface area contributed by atoms with Gasteiger partial charge in [-0.1, -0.05) is 25.1 Å². The lowest BCUT2D eigenvalue weighted by Crippen LogP contribution is -2.57. The van der Waals surface area contributed by atoms with Gasteiger partial charge in [0.25, 0.3) is 5.91 Å². The summed E-state index contributed by atoms with van der Waals surface area (Å²) < 4.78 is 6.14. The molecule has 2 fully saturated rings. The quantitative estimate of drug-likeness (QED) is 0.917. The number of hydrogen-bond acceptors (Lipinski definition) is 3. The normalized spacial score (nSPS) is 29.2. The molecule has 1 saturated heterocycles.